The van der Waals surface area contributed by atoms with E-state index in [0.29, 0.717) is 12.6 Å². The van der Waals surface area contributed by atoms with Gasteiger partial charge in [-0.1, -0.05) is 13.3 Å². The second kappa shape index (κ2) is 8.15. The summed E-state index contributed by atoms with van der Waals surface area (Å²) in [6, 6.07) is 6.74. The average Bonchev–Trinajstić information content (AvgIpc) is 2.75. The first-order valence-corrected chi connectivity index (χ1v) is 10.4. The van der Waals surface area contributed by atoms with Gasteiger partial charge in [0, 0.05) is 18.2 Å². The van der Waals surface area contributed by atoms with E-state index in [9.17, 15) is 0 Å². The number of hydrogen-bond donors (Lipinski definition) is 0. The van der Waals surface area contributed by atoms with Crippen LogP contribution in [0.25, 0.3) is 11.1 Å². The fraction of sp³-hybridized carbons (Fsp3) is 0.500. The Hall–Kier alpha value is -2.40. The van der Waals surface area contributed by atoms with Crippen LogP contribution in [0.4, 0.5) is 0 Å². The molecule has 29 heavy (non-hydrogen) atoms. The van der Waals surface area contributed by atoms with E-state index in [1.54, 1.807) is 21.3 Å². The van der Waals surface area contributed by atoms with Crippen molar-refractivity contribution in [2.45, 2.75) is 38.6 Å². The van der Waals surface area contributed by atoms with Crippen molar-refractivity contribution in [3.05, 3.63) is 34.9 Å². The van der Waals surface area contributed by atoms with Gasteiger partial charge in [-0.3, -0.25) is 4.90 Å². The van der Waals surface area contributed by atoms with E-state index >= 15 is 0 Å². The molecule has 1 aliphatic carbocycles. The molecule has 2 aromatic rings. The highest BCUT2D eigenvalue weighted by Crippen LogP contribution is 2.54. The van der Waals surface area contributed by atoms with Gasteiger partial charge in [-0.15, -0.1) is 0 Å². The molecule has 0 fully saturated rings. The first-order chi connectivity index (χ1) is 14.1. The summed E-state index contributed by atoms with van der Waals surface area (Å²) in [7, 11) is 7.31. The number of fused-ring (bicyclic) bond motifs is 2. The van der Waals surface area contributed by atoms with Crippen molar-refractivity contribution in [2.24, 2.45) is 0 Å². The third-order valence-corrected chi connectivity index (χ3v) is 6.22. The Morgan fingerprint density at radius 3 is 2.38 bits per heavy atom. The van der Waals surface area contributed by atoms with Crippen LogP contribution in [0.2, 0.25) is 0 Å². The molecule has 0 radical (unpaired) electrons. The summed E-state index contributed by atoms with van der Waals surface area (Å²) >= 11 is 0. The molecule has 0 amide bonds. The van der Waals surface area contributed by atoms with E-state index in [0.717, 1.165) is 66.4 Å². The molecule has 2 aliphatic rings. The first-order valence-electron chi connectivity index (χ1n) is 10.4. The maximum Gasteiger partial charge on any atom is 0.168 e. The lowest BCUT2D eigenvalue weighted by Crippen LogP contribution is -2.35. The van der Waals surface area contributed by atoms with Crippen LogP contribution in [0.3, 0.4) is 0 Å². The molecule has 2 aromatic carbocycles. The quantitative estimate of drug-likeness (QED) is 0.637. The van der Waals surface area contributed by atoms with Crippen molar-refractivity contribution >= 4 is 0 Å². The largest absolute Gasteiger partial charge is 0.493 e. The lowest BCUT2D eigenvalue weighted by Gasteiger charge is -2.40. The van der Waals surface area contributed by atoms with Crippen molar-refractivity contribution in [1.82, 2.24) is 4.90 Å². The molecule has 0 saturated heterocycles. The summed E-state index contributed by atoms with van der Waals surface area (Å²) in [5, 5.41) is 0. The zero-order valence-corrected chi connectivity index (χ0v) is 18.1. The van der Waals surface area contributed by atoms with E-state index in [1.165, 1.54) is 16.7 Å². The number of ether oxygens (including phenoxy) is 4. The maximum absolute atomic E-state index is 6.19. The van der Waals surface area contributed by atoms with Crippen LogP contribution in [0.5, 0.6) is 23.0 Å². The number of likely N-dealkylation sites (N-methyl/N-ethyl adjacent to an activating group) is 1. The highest BCUT2D eigenvalue weighted by atomic mass is 16.5. The molecule has 4 rings (SSSR count). The topological polar surface area (TPSA) is 40.2 Å². The SMILES string of the molecule is CCCCOc1cc2c3c(c1OC)-c1cc(OC)c(OC)cc1C[C@@H]3N(C)CC2. The van der Waals surface area contributed by atoms with Crippen LogP contribution in [0, 0.1) is 0 Å². The molecule has 5 nitrogen and oxygen atoms in total. The Bertz CT molecular complexity index is 908. The minimum absolute atomic E-state index is 0.331. The highest BCUT2D eigenvalue weighted by Gasteiger charge is 2.37. The number of methoxy groups -OCH3 is 3. The van der Waals surface area contributed by atoms with Crippen molar-refractivity contribution in [3.63, 3.8) is 0 Å². The fourth-order valence-corrected chi connectivity index (χ4v) is 4.66. The molecule has 1 atom stereocenters. The molecule has 5 heteroatoms. The first kappa shape index (κ1) is 19.9. The molecule has 0 unspecified atom stereocenters. The van der Waals surface area contributed by atoms with Gasteiger partial charge in [-0.2, -0.15) is 0 Å². The zero-order chi connectivity index (χ0) is 20.5. The zero-order valence-electron chi connectivity index (χ0n) is 18.1. The number of hydrogen-bond acceptors (Lipinski definition) is 5. The van der Waals surface area contributed by atoms with Crippen molar-refractivity contribution < 1.29 is 18.9 Å². The molecule has 0 spiro atoms. The molecule has 0 N–H and O–H groups in total. The smallest absolute Gasteiger partial charge is 0.168 e. The molecular weight excluding hydrogens is 366 g/mol. The Kier molecular flexibility index (Phi) is 5.59. The number of benzene rings is 2. The average molecular weight is 398 g/mol. The van der Waals surface area contributed by atoms with E-state index in [-0.39, 0.29) is 0 Å². The molecule has 0 saturated carbocycles. The standard InChI is InChI=1S/C24H31NO4/c1-6-7-10-29-21-12-15-8-9-25(2)18-11-16-13-19(26-3)20(27-4)14-17(16)23(22(15)18)24(21)28-5/h12-14,18H,6-11H2,1-5H3/t18-/m0/s1. The summed E-state index contributed by atoms with van der Waals surface area (Å²) < 4.78 is 23.3. The van der Waals surface area contributed by atoms with Crippen LogP contribution in [0.1, 0.15) is 42.5 Å². The molecule has 0 bridgehead atoms. The van der Waals surface area contributed by atoms with Crippen LogP contribution in [-0.4, -0.2) is 46.4 Å². The Balaban J connectivity index is 1.96. The van der Waals surface area contributed by atoms with Crippen LogP contribution < -0.4 is 18.9 Å². The second-order valence-corrected chi connectivity index (χ2v) is 7.87. The lowest BCUT2D eigenvalue weighted by molar-refractivity contribution is 0.225. The normalized spacial score (nSPS) is 17.3. The highest BCUT2D eigenvalue weighted by molar-refractivity contribution is 5.85. The summed E-state index contributed by atoms with van der Waals surface area (Å²) in [4.78, 5) is 2.45. The van der Waals surface area contributed by atoms with E-state index in [1.807, 2.05) is 0 Å². The Morgan fingerprint density at radius 1 is 0.966 bits per heavy atom. The van der Waals surface area contributed by atoms with Crippen molar-refractivity contribution in [2.75, 3.05) is 41.5 Å². The van der Waals surface area contributed by atoms with E-state index in [2.05, 4.69) is 37.1 Å². The minimum atomic E-state index is 0.331. The Morgan fingerprint density at radius 2 is 1.69 bits per heavy atom. The van der Waals surface area contributed by atoms with E-state index in [4.69, 9.17) is 18.9 Å². The van der Waals surface area contributed by atoms with Gasteiger partial charge in [0.25, 0.3) is 0 Å². The maximum atomic E-state index is 6.19. The minimum Gasteiger partial charge on any atom is -0.493 e. The molecule has 156 valence electrons. The monoisotopic (exact) mass is 397 g/mol. The van der Waals surface area contributed by atoms with Crippen LogP contribution >= 0.6 is 0 Å². The van der Waals surface area contributed by atoms with Crippen molar-refractivity contribution in [1.29, 1.82) is 0 Å². The summed E-state index contributed by atoms with van der Waals surface area (Å²) in [5.41, 5.74) is 6.30. The third-order valence-electron chi connectivity index (χ3n) is 6.22. The van der Waals surface area contributed by atoms with Crippen molar-refractivity contribution in [3.8, 4) is 34.1 Å². The van der Waals surface area contributed by atoms with Gasteiger partial charge in [0.05, 0.1) is 27.9 Å². The molecule has 1 heterocycles. The van der Waals surface area contributed by atoms with Gasteiger partial charge in [0.1, 0.15) is 0 Å². The lowest BCUT2D eigenvalue weighted by atomic mass is 9.76. The summed E-state index contributed by atoms with van der Waals surface area (Å²) in [6.07, 6.45) is 4.10. The van der Waals surface area contributed by atoms with E-state index < -0.39 is 0 Å². The predicted octanol–water partition coefficient (Wildman–Crippen LogP) is 4.64. The van der Waals surface area contributed by atoms with Gasteiger partial charge in [0.15, 0.2) is 23.0 Å². The number of rotatable bonds is 7. The van der Waals surface area contributed by atoms with Crippen LogP contribution in [0.15, 0.2) is 18.2 Å². The third kappa shape index (κ3) is 3.31. The summed E-state index contributed by atoms with van der Waals surface area (Å²) in [6.45, 7) is 3.92. The number of unbranched alkanes of at least 4 members (excludes halogenated alkanes) is 1. The van der Waals surface area contributed by atoms with Crippen LogP contribution in [-0.2, 0) is 12.8 Å². The predicted molar refractivity (Wildman–Crippen MR) is 115 cm³/mol. The second-order valence-electron chi connectivity index (χ2n) is 7.87. The molecular formula is C24H31NO4. The summed E-state index contributed by atoms with van der Waals surface area (Å²) in [5.74, 6) is 3.18. The van der Waals surface area contributed by atoms with Gasteiger partial charge in [-0.25, -0.2) is 0 Å². The molecule has 1 aliphatic heterocycles. The fourth-order valence-electron chi connectivity index (χ4n) is 4.66. The number of nitrogens with zero attached hydrogens (tertiary/aromatic N) is 1. The van der Waals surface area contributed by atoms with Gasteiger partial charge in [0.2, 0.25) is 0 Å². The molecule has 0 aromatic heterocycles. The van der Waals surface area contributed by atoms with Gasteiger partial charge >= 0.3 is 0 Å². The Labute approximate surface area is 173 Å². The van der Waals surface area contributed by atoms with Gasteiger partial charge < -0.3 is 18.9 Å². The van der Waals surface area contributed by atoms with Gasteiger partial charge in [-0.05, 0) is 66.8 Å².